The van der Waals surface area contributed by atoms with E-state index < -0.39 is 0 Å². The molecule has 214 valence electrons. The van der Waals surface area contributed by atoms with Gasteiger partial charge in [0.2, 0.25) is 0 Å². The number of likely N-dealkylation sites (N-methyl/N-ethyl adjacent to an activating group) is 1. The number of unbranched alkanes of at least 4 members (excludes halogenated alkanes) is 1. The fourth-order valence-electron chi connectivity index (χ4n) is 4.53. The summed E-state index contributed by atoms with van der Waals surface area (Å²) in [5, 5.41) is 0. The summed E-state index contributed by atoms with van der Waals surface area (Å²) in [5.41, 5.74) is 9.84. The van der Waals surface area contributed by atoms with Crippen molar-refractivity contribution < 1.29 is 18.7 Å². The number of carbonyl (C=O) groups excluding carboxylic acids is 1. The van der Waals surface area contributed by atoms with Crippen LogP contribution in [0.25, 0.3) is 5.70 Å². The molecule has 0 unspecified atom stereocenters. The molecule has 7 nitrogen and oxygen atoms in total. The van der Waals surface area contributed by atoms with Crippen LogP contribution in [0, 0.1) is 5.82 Å². The van der Waals surface area contributed by atoms with Crippen molar-refractivity contribution in [3.05, 3.63) is 89.4 Å². The Labute approximate surface area is 237 Å². The molecule has 0 radical (unpaired) electrons. The first-order valence-corrected chi connectivity index (χ1v) is 13.7. The summed E-state index contributed by atoms with van der Waals surface area (Å²) in [4.78, 5) is 22.4. The van der Waals surface area contributed by atoms with Gasteiger partial charge in [-0.2, -0.15) is 0 Å². The molecule has 0 aliphatic carbocycles. The number of benzene rings is 2. The number of rotatable bonds is 15. The van der Waals surface area contributed by atoms with Crippen molar-refractivity contribution in [1.82, 2.24) is 9.88 Å². The van der Waals surface area contributed by atoms with Crippen LogP contribution in [0.15, 0.2) is 61.3 Å². The van der Waals surface area contributed by atoms with E-state index >= 15 is 0 Å². The monoisotopic (exact) mass is 548 g/mol. The lowest BCUT2D eigenvalue weighted by molar-refractivity contribution is 0.0835. The van der Waals surface area contributed by atoms with Crippen molar-refractivity contribution in [2.45, 2.75) is 39.5 Å². The molecule has 1 heterocycles. The van der Waals surface area contributed by atoms with E-state index in [0.29, 0.717) is 46.9 Å². The van der Waals surface area contributed by atoms with Crippen molar-refractivity contribution in [2.75, 3.05) is 51.1 Å². The summed E-state index contributed by atoms with van der Waals surface area (Å²) < 4.78 is 25.1. The minimum atomic E-state index is -0.379. The lowest BCUT2D eigenvalue weighted by Crippen LogP contribution is -2.32. The van der Waals surface area contributed by atoms with Crippen molar-refractivity contribution >= 4 is 23.1 Å². The van der Waals surface area contributed by atoms with Gasteiger partial charge in [-0.05, 0) is 73.7 Å². The van der Waals surface area contributed by atoms with Gasteiger partial charge in [0.15, 0.2) is 0 Å². The number of amides is 1. The second kappa shape index (κ2) is 15.0. The van der Waals surface area contributed by atoms with E-state index in [-0.39, 0.29) is 18.3 Å². The molecular formula is C32H41FN4O3. The second-order valence-corrected chi connectivity index (χ2v) is 9.61. The number of carbonyl (C=O) groups is 1. The molecule has 0 bridgehead atoms. The molecule has 0 aliphatic heterocycles. The third-order valence-corrected chi connectivity index (χ3v) is 6.95. The van der Waals surface area contributed by atoms with Crippen LogP contribution in [0.1, 0.15) is 53.7 Å². The predicted molar refractivity (Wildman–Crippen MR) is 160 cm³/mol. The Hall–Kier alpha value is -3.91. The van der Waals surface area contributed by atoms with Crippen LogP contribution in [0.3, 0.4) is 0 Å². The lowest BCUT2D eigenvalue weighted by Gasteiger charge is -2.27. The summed E-state index contributed by atoms with van der Waals surface area (Å²) >= 11 is 0. The molecule has 0 saturated carbocycles. The summed E-state index contributed by atoms with van der Waals surface area (Å²) in [7, 11) is 3.17. The molecule has 0 aliphatic rings. The van der Waals surface area contributed by atoms with E-state index in [1.54, 1.807) is 42.5 Å². The predicted octanol–water partition coefficient (Wildman–Crippen LogP) is 5.98. The number of aromatic nitrogens is 1. The molecule has 1 amide bonds. The number of ether oxygens (including phenoxy) is 2. The highest BCUT2D eigenvalue weighted by atomic mass is 19.1. The molecular weight excluding hydrogens is 507 g/mol. The average Bonchev–Trinajstić information content (AvgIpc) is 2.97. The molecule has 2 N–H and O–H groups in total. The molecule has 3 aromatic rings. The second-order valence-electron chi connectivity index (χ2n) is 9.61. The van der Waals surface area contributed by atoms with E-state index in [9.17, 15) is 9.18 Å². The normalized spacial score (nSPS) is 10.8. The Morgan fingerprint density at radius 2 is 1.82 bits per heavy atom. The van der Waals surface area contributed by atoms with Gasteiger partial charge < -0.3 is 25.0 Å². The highest BCUT2D eigenvalue weighted by Crippen LogP contribution is 2.26. The summed E-state index contributed by atoms with van der Waals surface area (Å²) in [6.45, 7) is 10.8. The number of halogens is 1. The number of anilines is 2. The van der Waals surface area contributed by atoms with Crippen LogP contribution < -0.4 is 15.4 Å². The van der Waals surface area contributed by atoms with Crippen LogP contribution >= 0.6 is 0 Å². The Balaban J connectivity index is 1.94. The van der Waals surface area contributed by atoms with Crippen molar-refractivity contribution in [2.24, 2.45) is 0 Å². The van der Waals surface area contributed by atoms with Crippen molar-refractivity contribution in [3.63, 3.8) is 0 Å². The smallest absolute Gasteiger partial charge is 0.258 e. The maximum atomic E-state index is 14.8. The molecule has 0 saturated heterocycles. The Kier molecular flexibility index (Phi) is 11.5. The number of nitrogen functional groups attached to an aromatic ring is 1. The third kappa shape index (κ3) is 7.82. The molecule has 3 rings (SSSR count). The van der Waals surface area contributed by atoms with Gasteiger partial charge in [-0.25, -0.2) is 9.37 Å². The molecule has 0 spiro atoms. The van der Waals surface area contributed by atoms with Gasteiger partial charge in [-0.15, -0.1) is 0 Å². The Bertz CT molecular complexity index is 1280. The molecule has 2 aromatic carbocycles. The molecule has 1 aromatic heterocycles. The van der Waals surface area contributed by atoms with Crippen molar-refractivity contribution in [1.29, 1.82) is 0 Å². The van der Waals surface area contributed by atoms with E-state index in [4.69, 9.17) is 15.2 Å². The maximum absolute atomic E-state index is 14.8. The minimum Gasteiger partial charge on any atom is -0.497 e. The number of aryl methyl sites for hydroxylation is 1. The number of methoxy groups -OCH3 is 2. The topological polar surface area (TPSA) is 80.9 Å². The van der Waals surface area contributed by atoms with Gasteiger partial charge in [0, 0.05) is 61.5 Å². The Morgan fingerprint density at radius 3 is 2.45 bits per heavy atom. The van der Waals surface area contributed by atoms with E-state index in [2.05, 4.69) is 30.3 Å². The standard InChI is InChI=1S/C32H41FN4O3/c1-6-8-9-25-20-27(34)12-14-29(25)32(38)37(17-16-24-10-13-28(40-5)21-30(24)33)23(3)26-11-15-31(35-22-26)36(7-2)18-19-39-4/h10-15,20-22H,3,6-9,16-19,34H2,1-2,4-5H3. The third-order valence-electron chi connectivity index (χ3n) is 6.95. The fourth-order valence-corrected chi connectivity index (χ4v) is 4.53. The van der Waals surface area contributed by atoms with Gasteiger partial charge in [-0.3, -0.25) is 4.79 Å². The fraction of sp³-hybridized carbons (Fsp3) is 0.375. The molecule has 40 heavy (non-hydrogen) atoms. The minimum absolute atomic E-state index is 0.204. The highest BCUT2D eigenvalue weighted by molar-refractivity contribution is 6.01. The summed E-state index contributed by atoms with van der Waals surface area (Å²) in [5.74, 6) is 0.674. The van der Waals surface area contributed by atoms with E-state index in [0.717, 1.165) is 43.7 Å². The molecule has 0 atom stereocenters. The maximum Gasteiger partial charge on any atom is 0.258 e. The zero-order chi connectivity index (χ0) is 29.1. The summed E-state index contributed by atoms with van der Waals surface area (Å²) in [6.07, 6.45) is 4.69. The van der Waals surface area contributed by atoms with Crippen LogP contribution in [-0.4, -0.2) is 56.3 Å². The van der Waals surface area contributed by atoms with Gasteiger partial charge in [0.25, 0.3) is 5.91 Å². The van der Waals surface area contributed by atoms with Crippen LogP contribution in [0.5, 0.6) is 5.75 Å². The van der Waals surface area contributed by atoms with E-state index in [1.165, 1.54) is 13.2 Å². The number of pyridine rings is 1. The molecule has 8 heteroatoms. The highest BCUT2D eigenvalue weighted by Gasteiger charge is 2.23. The first kappa shape index (κ1) is 30.6. The number of nitrogens with two attached hydrogens (primary N) is 1. The Morgan fingerprint density at radius 1 is 1.02 bits per heavy atom. The zero-order valence-electron chi connectivity index (χ0n) is 24.1. The van der Waals surface area contributed by atoms with Gasteiger partial charge in [-0.1, -0.05) is 26.0 Å². The quantitative estimate of drug-likeness (QED) is 0.235. The SMILES string of the molecule is C=C(c1ccc(N(CC)CCOC)nc1)N(CCc1ccc(OC)cc1F)C(=O)c1ccc(N)cc1CCCC. The number of hydrogen-bond donors (Lipinski definition) is 1. The average molecular weight is 549 g/mol. The largest absolute Gasteiger partial charge is 0.497 e. The zero-order valence-corrected chi connectivity index (χ0v) is 24.1. The van der Waals surface area contributed by atoms with Crippen LogP contribution in [-0.2, 0) is 17.6 Å². The van der Waals surface area contributed by atoms with Gasteiger partial charge >= 0.3 is 0 Å². The summed E-state index contributed by atoms with van der Waals surface area (Å²) in [6, 6.07) is 14.0. The van der Waals surface area contributed by atoms with Crippen molar-refractivity contribution in [3.8, 4) is 5.75 Å². The number of nitrogens with zero attached hydrogens (tertiary/aromatic N) is 3. The van der Waals surface area contributed by atoms with Gasteiger partial charge in [0.1, 0.15) is 17.4 Å². The lowest BCUT2D eigenvalue weighted by atomic mass is 9.99. The van der Waals surface area contributed by atoms with Crippen LogP contribution in [0.2, 0.25) is 0 Å². The van der Waals surface area contributed by atoms with Gasteiger partial charge in [0.05, 0.1) is 13.7 Å². The molecule has 0 fully saturated rings. The first-order valence-electron chi connectivity index (χ1n) is 13.7. The van der Waals surface area contributed by atoms with E-state index in [1.807, 2.05) is 18.2 Å². The first-order chi connectivity index (χ1) is 19.3. The van der Waals surface area contributed by atoms with Crippen LogP contribution in [0.4, 0.5) is 15.9 Å². The number of hydrogen-bond acceptors (Lipinski definition) is 6.